The number of fused-ring (bicyclic) bond motifs is 6. The van der Waals surface area contributed by atoms with Gasteiger partial charge in [-0.05, 0) is 43.5 Å². The molecule has 2 aromatic heterocycles. The van der Waals surface area contributed by atoms with Crippen LogP contribution in [0.4, 0.5) is 0 Å². The van der Waals surface area contributed by atoms with E-state index in [1.54, 1.807) is 17.6 Å². The van der Waals surface area contributed by atoms with E-state index in [-0.39, 0.29) is 25.4 Å². The highest BCUT2D eigenvalue weighted by atomic mass is 16.7. The number of ether oxygens (including phenoxy) is 4. The number of cyclic esters (lactones) is 1. The van der Waals surface area contributed by atoms with Gasteiger partial charge in [0.2, 0.25) is 6.79 Å². The Bertz CT molecular complexity index is 1530. The van der Waals surface area contributed by atoms with Gasteiger partial charge in [-0.1, -0.05) is 6.92 Å². The molecule has 2 atom stereocenters. The lowest BCUT2D eigenvalue weighted by molar-refractivity contribution is -0.172. The smallest absolute Gasteiger partial charge is 0.343 e. The van der Waals surface area contributed by atoms with E-state index in [0.29, 0.717) is 53.2 Å². The van der Waals surface area contributed by atoms with Crippen molar-refractivity contribution in [2.24, 2.45) is 0 Å². The third-order valence-electron chi connectivity index (χ3n) is 8.04. The molecule has 37 heavy (non-hydrogen) atoms. The van der Waals surface area contributed by atoms with E-state index in [2.05, 4.69) is 5.32 Å². The highest BCUT2D eigenvalue weighted by molar-refractivity contribution is 5.91. The highest BCUT2D eigenvalue weighted by Crippen LogP contribution is 2.43. The van der Waals surface area contributed by atoms with Crippen molar-refractivity contribution in [3.63, 3.8) is 0 Å². The molecule has 7 rings (SSSR count). The number of carbonyl (C=O) groups excluding carboxylic acids is 1. The highest BCUT2D eigenvalue weighted by Gasteiger charge is 2.45. The van der Waals surface area contributed by atoms with Crippen LogP contribution in [0.25, 0.3) is 22.3 Å². The standard InChI is InChI=1S/C27H27N3O7/c1-2-27(33)19-8-21-24-17(10-30(21)25(31)18(19)12-35-26(27)32)15(3-5-28-14-4-6-34-11-14)16-7-22-23(37-13-36-22)9-20(16)29-24/h7-9,14,28,33H,2-6,10-13H2,1H3/t14-,27?/m0/s1. The van der Waals surface area contributed by atoms with E-state index in [9.17, 15) is 14.7 Å². The predicted octanol–water partition coefficient (Wildman–Crippen LogP) is 1.73. The van der Waals surface area contributed by atoms with E-state index in [1.807, 2.05) is 12.1 Å². The number of aliphatic hydroxyl groups is 1. The molecule has 1 saturated heterocycles. The van der Waals surface area contributed by atoms with Gasteiger partial charge in [-0.15, -0.1) is 0 Å². The van der Waals surface area contributed by atoms with Crippen molar-refractivity contribution < 1.29 is 28.8 Å². The fourth-order valence-electron chi connectivity index (χ4n) is 5.93. The Balaban J connectivity index is 1.39. The van der Waals surface area contributed by atoms with E-state index in [1.165, 1.54) is 0 Å². The Kier molecular flexibility index (Phi) is 5.08. The molecule has 0 amide bonds. The summed E-state index contributed by atoms with van der Waals surface area (Å²) in [5, 5.41) is 15.7. The van der Waals surface area contributed by atoms with Gasteiger partial charge < -0.3 is 33.9 Å². The van der Waals surface area contributed by atoms with E-state index < -0.39 is 11.6 Å². The maximum absolute atomic E-state index is 13.6. The van der Waals surface area contributed by atoms with Gasteiger partial charge in [0.05, 0.1) is 35.6 Å². The van der Waals surface area contributed by atoms with Crippen LogP contribution in [0.3, 0.4) is 0 Å². The molecule has 1 aromatic carbocycles. The zero-order chi connectivity index (χ0) is 25.3. The average molecular weight is 506 g/mol. The van der Waals surface area contributed by atoms with Crippen molar-refractivity contribution in [1.29, 1.82) is 0 Å². The van der Waals surface area contributed by atoms with Crippen LogP contribution in [-0.4, -0.2) is 53.2 Å². The third kappa shape index (κ3) is 3.32. The number of aromatic nitrogens is 2. The van der Waals surface area contributed by atoms with Gasteiger partial charge in [0.15, 0.2) is 17.1 Å². The second-order valence-corrected chi connectivity index (χ2v) is 10.0. The second-order valence-electron chi connectivity index (χ2n) is 10.0. The van der Waals surface area contributed by atoms with Crippen LogP contribution < -0.4 is 20.3 Å². The van der Waals surface area contributed by atoms with Gasteiger partial charge >= 0.3 is 5.97 Å². The molecule has 0 radical (unpaired) electrons. The number of benzene rings is 1. The number of hydrogen-bond acceptors (Lipinski definition) is 9. The van der Waals surface area contributed by atoms with Crippen molar-refractivity contribution in [3.05, 3.63) is 50.8 Å². The molecule has 192 valence electrons. The van der Waals surface area contributed by atoms with E-state index in [0.717, 1.165) is 48.0 Å². The average Bonchev–Trinajstić information content (AvgIpc) is 3.65. The SMILES string of the molecule is CCC1(O)C(=O)OCc2c1cc1n(c2=O)Cc2c-1nc1cc3c(cc1c2CCN[C@H]1CCOC1)OCO3. The molecular formula is C27H27N3O7. The normalized spacial score (nSPS) is 23.2. The Morgan fingerprint density at radius 3 is 2.78 bits per heavy atom. The summed E-state index contributed by atoms with van der Waals surface area (Å²) < 4.78 is 23.6. The lowest BCUT2D eigenvalue weighted by Gasteiger charge is -2.31. The Morgan fingerprint density at radius 1 is 1.16 bits per heavy atom. The zero-order valence-electron chi connectivity index (χ0n) is 20.5. The summed E-state index contributed by atoms with van der Waals surface area (Å²) in [6.45, 7) is 4.30. The van der Waals surface area contributed by atoms with Crippen molar-refractivity contribution >= 4 is 16.9 Å². The molecule has 4 aliphatic rings. The number of nitrogens with one attached hydrogen (secondary N) is 1. The Morgan fingerprint density at radius 2 is 2.00 bits per heavy atom. The van der Waals surface area contributed by atoms with Gasteiger partial charge in [-0.2, -0.15) is 0 Å². The van der Waals surface area contributed by atoms with E-state index >= 15 is 0 Å². The monoisotopic (exact) mass is 505 g/mol. The summed E-state index contributed by atoms with van der Waals surface area (Å²) in [6, 6.07) is 5.92. The van der Waals surface area contributed by atoms with Crippen LogP contribution in [0.15, 0.2) is 23.0 Å². The topological polar surface area (TPSA) is 121 Å². The van der Waals surface area contributed by atoms with E-state index in [4.69, 9.17) is 23.9 Å². The zero-order valence-corrected chi connectivity index (χ0v) is 20.5. The first-order chi connectivity index (χ1) is 18.0. The van der Waals surface area contributed by atoms with Gasteiger partial charge in [-0.3, -0.25) is 4.79 Å². The molecule has 1 unspecified atom stereocenters. The van der Waals surface area contributed by atoms with Crippen LogP contribution in [0.2, 0.25) is 0 Å². The van der Waals surface area contributed by atoms with Crippen LogP contribution in [0.5, 0.6) is 11.5 Å². The summed E-state index contributed by atoms with van der Waals surface area (Å²) in [5.41, 5.74) is 2.57. The molecule has 1 fully saturated rings. The number of pyridine rings is 2. The first kappa shape index (κ1) is 22.7. The third-order valence-corrected chi connectivity index (χ3v) is 8.04. The first-order valence-corrected chi connectivity index (χ1v) is 12.7. The van der Waals surface area contributed by atoms with Crippen LogP contribution in [0, 0.1) is 0 Å². The molecule has 0 saturated carbocycles. The number of nitrogens with zero attached hydrogens (tertiary/aromatic N) is 2. The van der Waals surface area contributed by atoms with Gasteiger partial charge in [-0.25, -0.2) is 9.78 Å². The minimum absolute atomic E-state index is 0.102. The molecule has 0 bridgehead atoms. The lowest BCUT2D eigenvalue weighted by atomic mass is 9.86. The van der Waals surface area contributed by atoms with Crippen molar-refractivity contribution in [1.82, 2.24) is 14.9 Å². The molecule has 3 aromatic rings. The maximum atomic E-state index is 13.6. The number of carbonyl (C=O) groups is 1. The van der Waals surface area contributed by atoms with Crippen molar-refractivity contribution in [2.45, 2.75) is 51.0 Å². The summed E-state index contributed by atoms with van der Waals surface area (Å²) in [7, 11) is 0. The Labute approximate surface area is 212 Å². The molecule has 0 aliphatic carbocycles. The molecule has 2 N–H and O–H groups in total. The molecule has 6 heterocycles. The van der Waals surface area contributed by atoms with Crippen LogP contribution in [0.1, 0.15) is 42.0 Å². The Hall–Kier alpha value is -3.47. The van der Waals surface area contributed by atoms with Gasteiger partial charge in [0.25, 0.3) is 5.56 Å². The van der Waals surface area contributed by atoms with Crippen molar-refractivity contribution in [2.75, 3.05) is 26.6 Å². The second kappa shape index (κ2) is 8.27. The molecule has 10 heteroatoms. The van der Waals surface area contributed by atoms with Crippen molar-refractivity contribution in [3.8, 4) is 22.9 Å². The first-order valence-electron chi connectivity index (χ1n) is 12.7. The predicted molar refractivity (Wildman–Crippen MR) is 132 cm³/mol. The quantitative estimate of drug-likeness (QED) is 0.391. The fourth-order valence-corrected chi connectivity index (χ4v) is 5.93. The van der Waals surface area contributed by atoms with Crippen LogP contribution in [-0.2, 0) is 39.4 Å². The molecular weight excluding hydrogens is 478 g/mol. The minimum atomic E-state index is -1.86. The van der Waals surface area contributed by atoms with Gasteiger partial charge in [0, 0.05) is 35.2 Å². The summed E-state index contributed by atoms with van der Waals surface area (Å²) in [5.74, 6) is 0.586. The molecule has 4 aliphatic heterocycles. The summed E-state index contributed by atoms with van der Waals surface area (Å²) in [4.78, 5) is 31.1. The van der Waals surface area contributed by atoms with Crippen LogP contribution >= 0.6 is 0 Å². The summed E-state index contributed by atoms with van der Waals surface area (Å²) >= 11 is 0. The number of esters is 1. The molecule has 10 nitrogen and oxygen atoms in total. The summed E-state index contributed by atoms with van der Waals surface area (Å²) in [6.07, 6.45) is 1.81. The number of rotatable bonds is 5. The minimum Gasteiger partial charge on any atom is -0.458 e. The fraction of sp³-hybridized carbons (Fsp3) is 0.444. The molecule has 0 spiro atoms. The number of hydrogen-bond donors (Lipinski definition) is 2. The lowest BCUT2D eigenvalue weighted by Crippen LogP contribution is -2.44. The largest absolute Gasteiger partial charge is 0.458 e. The maximum Gasteiger partial charge on any atom is 0.343 e. The van der Waals surface area contributed by atoms with Gasteiger partial charge in [0.1, 0.15) is 6.61 Å².